The normalized spacial score (nSPS) is 13.9. The van der Waals surface area contributed by atoms with Gasteiger partial charge in [0.15, 0.2) is 0 Å². The molecule has 5 aromatic heterocycles. The molecule has 1 fully saturated rings. The fourth-order valence-corrected chi connectivity index (χ4v) is 21.7. The van der Waals surface area contributed by atoms with Crippen LogP contribution in [0.25, 0.3) is 161 Å². The molecule has 4 aliphatic rings. The first-order valence-electron chi connectivity index (χ1n) is 50.2. The van der Waals surface area contributed by atoms with Gasteiger partial charge < -0.3 is 24.7 Å². The van der Waals surface area contributed by atoms with Crippen LogP contribution in [-0.4, -0.2) is 81.2 Å². The van der Waals surface area contributed by atoms with E-state index in [1.54, 1.807) is 12.1 Å². The number of benzene rings is 11. The molecule has 2 amide bonds. The Labute approximate surface area is 807 Å². The van der Waals surface area contributed by atoms with E-state index in [1.807, 2.05) is 36.4 Å². The van der Waals surface area contributed by atoms with Crippen molar-refractivity contribution < 1.29 is 9.59 Å². The maximum Gasteiger partial charge on any atom is 0.266 e. The second-order valence-corrected chi connectivity index (χ2v) is 43.4. The summed E-state index contributed by atoms with van der Waals surface area (Å²) < 4.78 is 2.40. The number of piperazine rings is 1. The molecular weight excluding hydrogens is 1700 g/mol. The average Bonchev–Trinajstić information content (AvgIpc) is 1.00. The van der Waals surface area contributed by atoms with Crippen molar-refractivity contribution in [1.82, 2.24) is 29.1 Å². The van der Waals surface area contributed by atoms with Gasteiger partial charge in [0.2, 0.25) is 0 Å². The number of imide groups is 1. The van der Waals surface area contributed by atoms with Gasteiger partial charge in [0.25, 0.3) is 34.1 Å². The van der Waals surface area contributed by atoms with Crippen LogP contribution in [0.15, 0.2) is 207 Å². The first-order valence-corrected chi connectivity index (χ1v) is 50.2. The molecule has 0 atom stereocenters. The van der Waals surface area contributed by atoms with Crippen molar-refractivity contribution in [3.8, 4) is 50.2 Å². The number of nitrogens with zero attached hydrogens (tertiary/aromatic N) is 8. The molecule has 0 aliphatic carbocycles. The molecule has 138 heavy (non-hydrogen) atoms. The SMILES string of the molecule is CCCCCCCCn1c(=O)c2cc3c(=O)n(-c4ccc(-c5c6nc(c(CCCCC)c7ccc([nH]7)c(-c7ccc(N8C(=O)c9cc(-c%10cc(C(C)(C)C)cc(C(C)(C)C)c%10)c%10c%11cccc%12c(N%13CCN(c%14ccc(N(C)C)cc%14)CC%13)ccc(c%13c(-c%14cc(C(C)(C)C)cc(C(C)(C)C)c%14)cc(c9c%10%13)C8=O)c%12%11)cc7)c7nc(c(CCCCC)c8ccc5[nH]8)C=C7)C=C6)cc4)c(=O)c3cc2c1=O. The minimum Gasteiger partial charge on any atom is -0.378 e. The summed E-state index contributed by atoms with van der Waals surface area (Å²) in [6.07, 6.45) is 21.7. The summed E-state index contributed by atoms with van der Waals surface area (Å²) in [5, 5.41) is 8.56. The molecule has 0 spiro atoms. The van der Waals surface area contributed by atoms with Crippen LogP contribution in [0.1, 0.15) is 258 Å². The quantitative estimate of drug-likeness (QED) is 0.0254. The van der Waals surface area contributed by atoms with Gasteiger partial charge in [0.05, 0.1) is 55.7 Å². The van der Waals surface area contributed by atoms with Crippen LogP contribution < -0.4 is 41.8 Å². The zero-order valence-corrected chi connectivity index (χ0v) is 83.2. The van der Waals surface area contributed by atoms with Crippen molar-refractivity contribution in [3.05, 3.63) is 297 Å². The van der Waals surface area contributed by atoms with Gasteiger partial charge in [-0.15, -0.1) is 0 Å². The van der Waals surface area contributed by atoms with Crippen LogP contribution in [0.5, 0.6) is 0 Å². The van der Waals surface area contributed by atoms with Gasteiger partial charge in [-0.3, -0.25) is 33.3 Å². The Bertz CT molecular complexity index is 7800. The third-order valence-electron chi connectivity index (χ3n) is 29.7. The first-order chi connectivity index (χ1) is 66.1. The number of aryl methyl sites for hydroxylation is 2. The summed E-state index contributed by atoms with van der Waals surface area (Å²) in [5.41, 5.74) is 22.9. The molecule has 0 radical (unpaired) electrons. The van der Waals surface area contributed by atoms with Crippen molar-refractivity contribution in [1.29, 1.82) is 0 Å². The lowest BCUT2D eigenvalue weighted by Gasteiger charge is -2.38. The van der Waals surface area contributed by atoms with Gasteiger partial charge in [-0.05, 0) is 264 Å². The van der Waals surface area contributed by atoms with E-state index >= 15 is 9.59 Å². The molecule has 0 saturated carbocycles. The maximum atomic E-state index is 17.0. The highest BCUT2D eigenvalue weighted by Crippen LogP contribution is 2.54. The third kappa shape index (κ3) is 16.3. The predicted molar refractivity (Wildman–Crippen MR) is 579 cm³/mol. The second-order valence-electron chi connectivity index (χ2n) is 43.4. The molecule has 9 heterocycles. The van der Waals surface area contributed by atoms with Gasteiger partial charge >= 0.3 is 0 Å². The van der Waals surface area contributed by atoms with E-state index in [-0.39, 0.29) is 49.7 Å². The zero-order valence-electron chi connectivity index (χ0n) is 83.2. The summed E-state index contributed by atoms with van der Waals surface area (Å²) >= 11 is 0. The topological polar surface area (TPSA) is 183 Å². The number of rotatable bonds is 24. The average molecular weight is 1830 g/mol. The largest absolute Gasteiger partial charge is 0.378 e. The number of carbonyl (C=O) groups is 2. The molecule has 16 nitrogen and oxygen atoms in total. The van der Waals surface area contributed by atoms with Crippen LogP contribution in [0, 0.1) is 0 Å². The molecular formula is C122H126N10O6. The Morgan fingerprint density at radius 1 is 0.333 bits per heavy atom. The van der Waals surface area contributed by atoms with E-state index in [4.69, 9.17) is 9.97 Å². The van der Waals surface area contributed by atoms with Crippen molar-refractivity contribution in [2.75, 3.05) is 59.9 Å². The number of carbonyl (C=O) groups excluding carboxylic acids is 2. The number of nitrogens with one attached hydrogen (secondary N) is 2. The van der Waals surface area contributed by atoms with E-state index in [9.17, 15) is 19.2 Å². The molecule has 11 aromatic carbocycles. The first kappa shape index (κ1) is 91.9. The number of anilines is 4. The Morgan fingerprint density at radius 3 is 1.20 bits per heavy atom. The number of unbranched alkanes of at least 4 members (excludes halogenated alkanes) is 9. The fraction of sp³-hybridized carbons (Fsp3) is 0.328. The fourth-order valence-electron chi connectivity index (χ4n) is 21.7. The summed E-state index contributed by atoms with van der Waals surface area (Å²) in [6, 6.07) is 65.7. The standard InChI is InChI=1S/C122H126N10O6/c1-18-21-24-25-26-29-57-130-113(133)91-70-93-94(71-92(91)114(130)134)116(136)131(115(93)135)82-39-35-72(36-40-82)106-101-52-48-97(123-101)84(31-27-22-19-2)99-50-54-103(125-99)107(104-55-51-100(126-104)85(32-28-23-20-3)98-49-53-102(106)124-98)73-37-41-83(42-38-73)132-117(137)95-68-89(74-62-76(119(4,5)6)66-77(63-74)120(7,8)9)109-87-34-30-33-86-105(129-60-58-128(59-61-129)81-45-43-80(44-46-81)127(16)17)56-47-88(108(86)87)110-90(69-96(118(132)138)111(95)112(109)110)75-64-78(121(10,11)12)67-79(65-75)122(13,14)15/h30,33-56,62-71,123,126H,18-29,31-32,57-61H2,1-17H3. The van der Waals surface area contributed by atoms with Crippen LogP contribution >= 0.6 is 0 Å². The van der Waals surface area contributed by atoms with Crippen molar-refractivity contribution >= 4 is 146 Å². The summed E-state index contributed by atoms with van der Waals surface area (Å²) in [6.45, 7) is 37.7. The van der Waals surface area contributed by atoms with Crippen LogP contribution in [0.2, 0.25) is 0 Å². The van der Waals surface area contributed by atoms with Crippen LogP contribution in [0.3, 0.4) is 0 Å². The lowest BCUT2D eigenvalue weighted by Crippen LogP contribution is -2.46. The van der Waals surface area contributed by atoms with Gasteiger partial charge in [-0.2, -0.15) is 0 Å². The van der Waals surface area contributed by atoms with Crippen molar-refractivity contribution in [2.45, 2.75) is 222 Å². The van der Waals surface area contributed by atoms with E-state index in [1.165, 1.54) is 60.9 Å². The lowest BCUT2D eigenvalue weighted by molar-refractivity contribution is 0.0893. The second kappa shape index (κ2) is 35.6. The number of aromatic amines is 2. The van der Waals surface area contributed by atoms with Gasteiger partial charge in [-0.1, -0.05) is 247 Å². The molecule has 700 valence electrons. The molecule has 4 aliphatic heterocycles. The smallest absolute Gasteiger partial charge is 0.266 e. The Balaban J connectivity index is 0.739. The summed E-state index contributed by atoms with van der Waals surface area (Å²) in [7, 11) is 4.17. The monoisotopic (exact) mass is 1830 g/mol. The lowest BCUT2D eigenvalue weighted by atomic mass is 9.75. The number of hydrogen-bond donors (Lipinski definition) is 2. The molecule has 2 N–H and O–H groups in total. The Morgan fingerprint density at radius 2 is 0.739 bits per heavy atom. The Hall–Kier alpha value is -13.9. The highest BCUT2D eigenvalue weighted by atomic mass is 16.2. The molecule has 0 unspecified atom stereocenters. The number of fused-ring (bicyclic) bond motifs is 12. The Kier molecular flexibility index (Phi) is 23.7. The van der Waals surface area contributed by atoms with E-state index in [2.05, 4.69) is 294 Å². The van der Waals surface area contributed by atoms with E-state index < -0.39 is 34.1 Å². The number of H-pyrrole nitrogens is 2. The van der Waals surface area contributed by atoms with Crippen LogP contribution in [0.4, 0.5) is 22.7 Å². The summed E-state index contributed by atoms with van der Waals surface area (Å²) in [5.74, 6) is -0.794. The minimum absolute atomic E-state index is 0.0964. The maximum absolute atomic E-state index is 17.0. The number of aromatic nitrogens is 6. The van der Waals surface area contributed by atoms with Crippen LogP contribution in [-0.2, 0) is 41.0 Å². The third-order valence-corrected chi connectivity index (χ3v) is 29.7. The van der Waals surface area contributed by atoms with E-state index in [0.717, 1.165) is 252 Å². The zero-order chi connectivity index (χ0) is 96.6. The van der Waals surface area contributed by atoms with Crippen molar-refractivity contribution in [3.63, 3.8) is 0 Å². The number of amides is 2. The molecule has 16 heteroatoms. The number of hydrogen-bond acceptors (Lipinski definition) is 11. The van der Waals surface area contributed by atoms with Crippen molar-refractivity contribution in [2.24, 2.45) is 0 Å². The van der Waals surface area contributed by atoms with Gasteiger partial charge in [0, 0.05) is 135 Å². The molecule has 20 rings (SSSR count). The molecule has 1 saturated heterocycles. The molecule has 16 aromatic rings. The highest BCUT2D eigenvalue weighted by molar-refractivity contribution is 6.46. The highest BCUT2D eigenvalue weighted by Gasteiger charge is 2.40. The van der Waals surface area contributed by atoms with E-state index in [0.29, 0.717) is 34.3 Å². The summed E-state index contributed by atoms with van der Waals surface area (Å²) in [4.78, 5) is 119. The minimum atomic E-state index is -0.559. The molecule has 8 bridgehead atoms. The van der Waals surface area contributed by atoms with Gasteiger partial charge in [0.1, 0.15) is 0 Å². The van der Waals surface area contributed by atoms with Gasteiger partial charge in [-0.25, -0.2) is 19.4 Å². The predicted octanol–water partition coefficient (Wildman–Crippen LogP) is 27.8.